The van der Waals surface area contributed by atoms with Crippen LogP contribution in [0.1, 0.15) is 31.0 Å². The van der Waals surface area contributed by atoms with Gasteiger partial charge in [-0.2, -0.15) is 0 Å². The molecule has 0 heterocycles. The molecule has 0 aromatic heterocycles. The molecule has 1 rings (SSSR count). The fraction of sp³-hybridized carbons (Fsp3) is 0.500. The molecule has 94 valence electrons. The number of carbonyl (C=O) groups is 1. The van der Waals surface area contributed by atoms with E-state index >= 15 is 0 Å². The summed E-state index contributed by atoms with van der Waals surface area (Å²) >= 11 is 0. The van der Waals surface area contributed by atoms with Crippen LogP contribution in [0.2, 0.25) is 0 Å². The van der Waals surface area contributed by atoms with E-state index in [4.69, 9.17) is 5.73 Å². The molecule has 0 saturated heterocycles. The van der Waals surface area contributed by atoms with Crippen molar-refractivity contribution in [2.24, 2.45) is 11.7 Å². The number of nitrogens with zero attached hydrogens (tertiary/aromatic N) is 1. The maximum Gasteiger partial charge on any atom is 0.243 e. The second kappa shape index (κ2) is 5.82. The van der Waals surface area contributed by atoms with E-state index in [1.54, 1.807) is 14.1 Å². The first-order valence-corrected chi connectivity index (χ1v) is 5.97. The van der Waals surface area contributed by atoms with Crippen molar-refractivity contribution in [2.75, 3.05) is 14.1 Å². The Kier molecular flexibility index (Phi) is 4.70. The Balaban J connectivity index is 2.77. The minimum Gasteiger partial charge on any atom is -0.347 e. The first-order chi connectivity index (χ1) is 7.91. The van der Waals surface area contributed by atoms with Gasteiger partial charge in [-0.25, -0.2) is 0 Å². The fourth-order valence-corrected chi connectivity index (χ4v) is 1.75. The zero-order valence-corrected chi connectivity index (χ0v) is 11.1. The first kappa shape index (κ1) is 13.7. The third-order valence-electron chi connectivity index (χ3n) is 2.69. The number of amides is 1. The summed E-state index contributed by atoms with van der Waals surface area (Å²) in [5.41, 5.74) is 8.06. The molecule has 2 N–H and O–H groups in total. The summed E-state index contributed by atoms with van der Waals surface area (Å²) in [4.78, 5) is 13.2. The summed E-state index contributed by atoms with van der Waals surface area (Å²) in [6.45, 7) is 4.38. The molecule has 0 fully saturated rings. The van der Waals surface area contributed by atoms with Gasteiger partial charge in [-0.1, -0.05) is 38.1 Å². The summed E-state index contributed by atoms with van der Waals surface area (Å²) in [5.74, 6) is 0.569. The van der Waals surface area contributed by atoms with Crippen molar-refractivity contribution in [3.05, 3.63) is 35.4 Å². The van der Waals surface area contributed by atoms with Crippen LogP contribution < -0.4 is 5.73 Å². The van der Waals surface area contributed by atoms with Crippen molar-refractivity contribution >= 4 is 5.91 Å². The third kappa shape index (κ3) is 3.86. The molecule has 0 bridgehead atoms. The van der Waals surface area contributed by atoms with E-state index in [1.165, 1.54) is 10.5 Å². The summed E-state index contributed by atoms with van der Waals surface area (Å²) in [5, 5.41) is 0. The lowest BCUT2D eigenvalue weighted by Crippen LogP contribution is -2.33. The van der Waals surface area contributed by atoms with Gasteiger partial charge in [0, 0.05) is 14.1 Å². The van der Waals surface area contributed by atoms with Gasteiger partial charge >= 0.3 is 0 Å². The van der Waals surface area contributed by atoms with Crippen LogP contribution in [0, 0.1) is 5.92 Å². The molecule has 3 nitrogen and oxygen atoms in total. The summed E-state index contributed by atoms with van der Waals surface area (Å²) in [6.07, 6.45) is 1.05. The van der Waals surface area contributed by atoms with Crippen LogP contribution in [0.3, 0.4) is 0 Å². The maximum absolute atomic E-state index is 11.7. The summed E-state index contributed by atoms with van der Waals surface area (Å²) in [6, 6.07) is 7.45. The van der Waals surface area contributed by atoms with Gasteiger partial charge in [0.05, 0.1) is 0 Å². The molecule has 1 atom stereocenters. The molecule has 0 spiro atoms. The van der Waals surface area contributed by atoms with Crippen molar-refractivity contribution in [1.82, 2.24) is 4.90 Å². The van der Waals surface area contributed by atoms with Gasteiger partial charge in [0.2, 0.25) is 5.91 Å². The second-order valence-electron chi connectivity index (χ2n) is 5.05. The van der Waals surface area contributed by atoms with Gasteiger partial charge in [-0.05, 0) is 23.5 Å². The smallest absolute Gasteiger partial charge is 0.243 e. The van der Waals surface area contributed by atoms with Gasteiger partial charge in [0.15, 0.2) is 0 Å². The predicted molar refractivity (Wildman–Crippen MR) is 70.6 cm³/mol. The lowest BCUT2D eigenvalue weighted by atomic mass is 9.99. The minimum absolute atomic E-state index is 0.0680. The molecule has 1 unspecified atom stereocenters. The quantitative estimate of drug-likeness (QED) is 0.865. The van der Waals surface area contributed by atoms with E-state index < -0.39 is 6.04 Å². The molecule has 1 amide bonds. The molecule has 3 heteroatoms. The molecule has 1 aromatic carbocycles. The largest absolute Gasteiger partial charge is 0.347 e. The van der Waals surface area contributed by atoms with Crippen LogP contribution in [-0.4, -0.2) is 24.9 Å². The van der Waals surface area contributed by atoms with E-state index in [0.717, 1.165) is 12.0 Å². The van der Waals surface area contributed by atoms with Crippen LogP contribution >= 0.6 is 0 Å². The molecular weight excluding hydrogens is 212 g/mol. The number of hydrogen-bond acceptors (Lipinski definition) is 2. The molecule has 0 radical (unpaired) electrons. The molecule has 0 aliphatic heterocycles. The Morgan fingerprint density at radius 2 is 1.76 bits per heavy atom. The van der Waals surface area contributed by atoms with Crippen molar-refractivity contribution in [2.45, 2.75) is 26.3 Å². The number of hydrogen-bond donors (Lipinski definition) is 1. The highest BCUT2D eigenvalue weighted by molar-refractivity contribution is 5.82. The van der Waals surface area contributed by atoms with Crippen molar-refractivity contribution in [1.29, 1.82) is 0 Å². The second-order valence-corrected chi connectivity index (χ2v) is 5.05. The highest BCUT2D eigenvalue weighted by Crippen LogP contribution is 2.15. The average molecular weight is 234 g/mol. The number of likely N-dealkylation sites (N-methyl/N-ethyl adjacent to an activating group) is 1. The maximum atomic E-state index is 11.7. The van der Waals surface area contributed by atoms with Crippen LogP contribution in [0.5, 0.6) is 0 Å². The Morgan fingerprint density at radius 3 is 2.18 bits per heavy atom. The zero-order valence-electron chi connectivity index (χ0n) is 11.1. The first-order valence-electron chi connectivity index (χ1n) is 5.97. The fourth-order valence-electron chi connectivity index (χ4n) is 1.75. The molecule has 1 aromatic rings. The van der Waals surface area contributed by atoms with Crippen LogP contribution in [0.15, 0.2) is 24.3 Å². The molecule has 0 aliphatic carbocycles. The van der Waals surface area contributed by atoms with Gasteiger partial charge in [0.1, 0.15) is 6.04 Å². The van der Waals surface area contributed by atoms with Gasteiger partial charge in [-0.15, -0.1) is 0 Å². The third-order valence-corrected chi connectivity index (χ3v) is 2.69. The highest BCUT2D eigenvalue weighted by Gasteiger charge is 2.17. The minimum atomic E-state index is -0.557. The lowest BCUT2D eigenvalue weighted by molar-refractivity contribution is -0.130. The Morgan fingerprint density at radius 1 is 1.24 bits per heavy atom. The number of benzene rings is 1. The van der Waals surface area contributed by atoms with Crippen molar-refractivity contribution in [3.63, 3.8) is 0 Å². The zero-order chi connectivity index (χ0) is 13.0. The molecule has 0 aliphatic rings. The average Bonchev–Trinajstić information content (AvgIpc) is 2.27. The summed E-state index contributed by atoms with van der Waals surface area (Å²) < 4.78 is 0. The normalized spacial score (nSPS) is 12.6. The number of nitrogens with two attached hydrogens (primary N) is 1. The van der Waals surface area contributed by atoms with Gasteiger partial charge in [-0.3, -0.25) is 4.79 Å². The van der Waals surface area contributed by atoms with Crippen LogP contribution in [0.4, 0.5) is 0 Å². The SMILES string of the molecule is CC(C)Cc1ccc(C(N)C(=O)N(C)C)cc1. The van der Waals surface area contributed by atoms with E-state index in [1.807, 2.05) is 12.1 Å². The van der Waals surface area contributed by atoms with Crippen molar-refractivity contribution in [3.8, 4) is 0 Å². The van der Waals surface area contributed by atoms with Gasteiger partial charge in [0.25, 0.3) is 0 Å². The van der Waals surface area contributed by atoms with E-state index in [2.05, 4.69) is 26.0 Å². The lowest BCUT2D eigenvalue weighted by Gasteiger charge is -2.17. The van der Waals surface area contributed by atoms with E-state index in [0.29, 0.717) is 5.92 Å². The standard InChI is InChI=1S/C14H22N2O/c1-10(2)9-11-5-7-12(8-6-11)13(15)14(17)16(3)4/h5-8,10,13H,9,15H2,1-4H3. The van der Waals surface area contributed by atoms with E-state index in [-0.39, 0.29) is 5.91 Å². The molecule has 17 heavy (non-hydrogen) atoms. The topological polar surface area (TPSA) is 46.3 Å². The van der Waals surface area contributed by atoms with Crippen LogP contribution in [0.25, 0.3) is 0 Å². The van der Waals surface area contributed by atoms with E-state index in [9.17, 15) is 4.79 Å². The Labute approximate surface area is 104 Å². The van der Waals surface area contributed by atoms with Crippen LogP contribution in [-0.2, 0) is 11.2 Å². The Bertz CT molecular complexity index is 368. The number of rotatable bonds is 4. The van der Waals surface area contributed by atoms with Crippen molar-refractivity contribution < 1.29 is 4.79 Å². The molecule has 0 saturated carbocycles. The Hall–Kier alpha value is -1.35. The predicted octanol–water partition coefficient (Wildman–Crippen LogP) is 1.97. The number of carbonyl (C=O) groups excluding carboxylic acids is 1. The highest BCUT2D eigenvalue weighted by atomic mass is 16.2. The van der Waals surface area contributed by atoms with Gasteiger partial charge < -0.3 is 10.6 Å². The molecular formula is C14H22N2O. The summed E-state index contributed by atoms with van der Waals surface area (Å²) in [7, 11) is 3.44. The monoisotopic (exact) mass is 234 g/mol.